The molecule has 0 atom stereocenters. The van der Waals surface area contributed by atoms with Crippen molar-refractivity contribution in [2.45, 2.75) is 64.9 Å². The second-order valence-corrected chi connectivity index (χ2v) is 8.92. The Labute approximate surface area is 192 Å². The topological polar surface area (TPSA) is 29.5 Å². The van der Waals surface area contributed by atoms with Crippen LogP contribution in [-0.2, 0) is 22.4 Å². The van der Waals surface area contributed by atoms with Gasteiger partial charge in [-0.15, -0.1) is 0 Å². The number of benzene rings is 2. The largest absolute Gasteiger partial charge is 0.371 e. The quantitative estimate of drug-likeness (QED) is 0.277. The summed E-state index contributed by atoms with van der Waals surface area (Å²) in [4.78, 5) is 14.1. The molecule has 3 rings (SSSR count). The first-order valence-corrected chi connectivity index (χ1v) is 11.9. The molecule has 0 unspecified atom stereocenters. The van der Waals surface area contributed by atoms with Crippen LogP contribution in [0.1, 0.15) is 57.1 Å². The number of fused-ring (bicyclic) bond motifs is 2. The third-order valence-corrected chi connectivity index (χ3v) is 5.88. The fourth-order valence-corrected chi connectivity index (χ4v) is 4.19. The van der Waals surface area contributed by atoms with Crippen LogP contribution >= 0.6 is 11.6 Å². The lowest BCUT2D eigenvalue weighted by Crippen LogP contribution is -2.19. The van der Waals surface area contributed by atoms with Crippen molar-refractivity contribution < 1.29 is 9.53 Å². The van der Waals surface area contributed by atoms with Crippen LogP contribution in [0.5, 0.6) is 0 Å². The van der Waals surface area contributed by atoms with E-state index < -0.39 is 0 Å². The van der Waals surface area contributed by atoms with Gasteiger partial charge in [0.1, 0.15) is 6.61 Å². The van der Waals surface area contributed by atoms with Gasteiger partial charge >= 0.3 is 0 Å². The van der Waals surface area contributed by atoms with Gasteiger partial charge in [-0.1, -0.05) is 54.8 Å². The molecule has 1 heterocycles. The fraction of sp³-hybridized carbons (Fsp3) is 0.444. The standard InChI is InChI=1S/C27H34ClNO2/c1-21(2)31-20-25(30)12-7-5-3-4-6-10-18-29-26-13-9-8-11-22(26)14-15-23-16-17-24(28)19-27(23)29/h7-9,11-13,16-17,19,21H,3-6,10,14-15,18,20H2,1-2H3/b12-7+. The van der Waals surface area contributed by atoms with Crippen LogP contribution in [0.15, 0.2) is 54.6 Å². The Balaban J connectivity index is 1.48. The first-order chi connectivity index (χ1) is 15.0. The van der Waals surface area contributed by atoms with Crippen molar-refractivity contribution in [3.8, 4) is 0 Å². The van der Waals surface area contributed by atoms with Crippen molar-refractivity contribution in [3.05, 3.63) is 70.8 Å². The van der Waals surface area contributed by atoms with E-state index in [1.54, 1.807) is 6.08 Å². The smallest absolute Gasteiger partial charge is 0.180 e. The van der Waals surface area contributed by atoms with Crippen molar-refractivity contribution in [2.75, 3.05) is 18.1 Å². The van der Waals surface area contributed by atoms with E-state index in [-0.39, 0.29) is 18.5 Å². The highest BCUT2D eigenvalue weighted by atomic mass is 35.5. The number of aryl methyl sites for hydroxylation is 2. The van der Waals surface area contributed by atoms with Crippen LogP contribution in [0, 0.1) is 0 Å². The molecular formula is C27H34ClNO2. The minimum absolute atomic E-state index is 0.0471. The molecule has 0 amide bonds. The number of nitrogens with zero attached hydrogens (tertiary/aromatic N) is 1. The third-order valence-electron chi connectivity index (χ3n) is 5.65. The number of hydrogen-bond donors (Lipinski definition) is 0. The van der Waals surface area contributed by atoms with Gasteiger partial charge in [0.2, 0.25) is 0 Å². The van der Waals surface area contributed by atoms with E-state index in [1.807, 2.05) is 26.0 Å². The number of allylic oxidation sites excluding steroid dienone is 1. The lowest BCUT2D eigenvalue weighted by molar-refractivity contribution is -0.120. The number of carbonyl (C=O) groups is 1. The molecule has 1 aliphatic heterocycles. The number of ketones is 1. The average molecular weight is 440 g/mol. The van der Waals surface area contributed by atoms with Gasteiger partial charge in [-0.05, 0) is 81.4 Å². The zero-order valence-electron chi connectivity index (χ0n) is 18.8. The molecule has 2 aromatic carbocycles. The molecule has 0 bridgehead atoms. The highest BCUT2D eigenvalue weighted by Gasteiger charge is 2.20. The van der Waals surface area contributed by atoms with Gasteiger partial charge < -0.3 is 9.64 Å². The van der Waals surface area contributed by atoms with E-state index >= 15 is 0 Å². The normalized spacial score (nSPS) is 13.4. The zero-order chi connectivity index (χ0) is 22.1. The lowest BCUT2D eigenvalue weighted by Gasteiger charge is -2.27. The van der Waals surface area contributed by atoms with Gasteiger partial charge in [-0.25, -0.2) is 0 Å². The molecule has 0 fully saturated rings. The maximum Gasteiger partial charge on any atom is 0.180 e. The van der Waals surface area contributed by atoms with Gasteiger partial charge in [0.05, 0.1) is 6.10 Å². The highest BCUT2D eigenvalue weighted by molar-refractivity contribution is 6.30. The van der Waals surface area contributed by atoms with Crippen LogP contribution in [0.3, 0.4) is 0 Å². The Hall–Kier alpha value is -2.10. The molecule has 166 valence electrons. The van der Waals surface area contributed by atoms with Gasteiger partial charge in [0.15, 0.2) is 5.78 Å². The van der Waals surface area contributed by atoms with E-state index in [4.69, 9.17) is 16.3 Å². The molecule has 0 aliphatic carbocycles. The Bertz CT molecular complexity index is 891. The van der Waals surface area contributed by atoms with Crippen LogP contribution in [0.4, 0.5) is 11.4 Å². The number of halogens is 1. The molecule has 1 aliphatic rings. The van der Waals surface area contributed by atoms with E-state index in [2.05, 4.69) is 41.3 Å². The van der Waals surface area contributed by atoms with E-state index in [0.717, 1.165) is 43.7 Å². The molecule has 0 saturated heterocycles. The zero-order valence-corrected chi connectivity index (χ0v) is 19.5. The van der Waals surface area contributed by atoms with Crippen LogP contribution in [-0.4, -0.2) is 25.0 Å². The molecule has 0 radical (unpaired) electrons. The summed E-state index contributed by atoms with van der Waals surface area (Å²) in [7, 11) is 0. The molecular weight excluding hydrogens is 406 g/mol. The maximum atomic E-state index is 11.7. The maximum absolute atomic E-state index is 11.7. The van der Waals surface area contributed by atoms with Gasteiger partial charge in [0, 0.05) is 22.9 Å². The lowest BCUT2D eigenvalue weighted by atomic mass is 10.0. The SMILES string of the molecule is CC(C)OCC(=O)/C=C/CCCCCCN1c2ccccc2CCc2ccc(Cl)cc21. The van der Waals surface area contributed by atoms with Crippen LogP contribution in [0.2, 0.25) is 5.02 Å². The summed E-state index contributed by atoms with van der Waals surface area (Å²) in [5.74, 6) is 0.0471. The Kier molecular flexibility index (Phi) is 9.17. The van der Waals surface area contributed by atoms with Crippen LogP contribution in [0.25, 0.3) is 0 Å². The molecule has 0 aromatic heterocycles. The van der Waals surface area contributed by atoms with Gasteiger partial charge in [-0.2, -0.15) is 0 Å². The first-order valence-electron chi connectivity index (χ1n) is 11.5. The number of unbranched alkanes of at least 4 members (excludes halogenated alkanes) is 4. The number of carbonyl (C=O) groups excluding carboxylic acids is 1. The monoisotopic (exact) mass is 439 g/mol. The molecule has 31 heavy (non-hydrogen) atoms. The summed E-state index contributed by atoms with van der Waals surface area (Å²) in [5, 5.41) is 0.795. The fourth-order valence-electron chi connectivity index (χ4n) is 4.02. The van der Waals surface area contributed by atoms with Gasteiger partial charge in [-0.3, -0.25) is 4.79 Å². The van der Waals surface area contributed by atoms with Gasteiger partial charge in [0.25, 0.3) is 0 Å². The number of anilines is 2. The summed E-state index contributed by atoms with van der Waals surface area (Å²) in [6, 6.07) is 15.0. The van der Waals surface area contributed by atoms with Crippen molar-refractivity contribution in [1.29, 1.82) is 0 Å². The minimum Gasteiger partial charge on any atom is -0.371 e. The number of hydrogen-bond acceptors (Lipinski definition) is 3. The van der Waals surface area contributed by atoms with Crippen molar-refractivity contribution >= 4 is 28.8 Å². The second kappa shape index (κ2) is 12.1. The second-order valence-electron chi connectivity index (χ2n) is 8.48. The molecule has 0 spiro atoms. The summed E-state index contributed by atoms with van der Waals surface area (Å²) < 4.78 is 5.32. The highest BCUT2D eigenvalue weighted by Crippen LogP contribution is 2.37. The molecule has 4 heteroatoms. The number of para-hydroxylation sites is 1. The van der Waals surface area contributed by atoms with E-state index in [9.17, 15) is 4.79 Å². The summed E-state index contributed by atoms with van der Waals surface area (Å²) in [5.41, 5.74) is 5.35. The predicted molar refractivity (Wildman–Crippen MR) is 131 cm³/mol. The summed E-state index contributed by atoms with van der Waals surface area (Å²) in [6.07, 6.45) is 11.4. The first kappa shape index (κ1) is 23.6. The minimum atomic E-state index is 0.0471. The van der Waals surface area contributed by atoms with Crippen molar-refractivity contribution in [1.82, 2.24) is 0 Å². The number of ether oxygens (including phenoxy) is 1. The van der Waals surface area contributed by atoms with Crippen molar-refractivity contribution in [3.63, 3.8) is 0 Å². The van der Waals surface area contributed by atoms with E-state index in [0.29, 0.717) is 0 Å². The molecule has 3 nitrogen and oxygen atoms in total. The summed E-state index contributed by atoms with van der Waals surface area (Å²) in [6.45, 7) is 5.05. The van der Waals surface area contributed by atoms with E-state index in [1.165, 1.54) is 35.3 Å². The molecule has 0 N–H and O–H groups in total. The van der Waals surface area contributed by atoms with Crippen molar-refractivity contribution in [2.24, 2.45) is 0 Å². The predicted octanol–water partition coefficient (Wildman–Crippen LogP) is 7.08. The molecule has 2 aromatic rings. The van der Waals surface area contributed by atoms with Crippen LogP contribution < -0.4 is 4.90 Å². The summed E-state index contributed by atoms with van der Waals surface area (Å²) >= 11 is 6.35. The Morgan fingerprint density at radius 1 is 1.03 bits per heavy atom. The Morgan fingerprint density at radius 2 is 1.77 bits per heavy atom. The number of rotatable bonds is 11. The molecule has 0 saturated carbocycles. The third kappa shape index (κ3) is 7.22. The Morgan fingerprint density at radius 3 is 2.58 bits per heavy atom. The average Bonchev–Trinajstić information content (AvgIpc) is 2.91.